The lowest BCUT2D eigenvalue weighted by molar-refractivity contribution is -0.151. The van der Waals surface area contributed by atoms with Gasteiger partial charge in [0.05, 0.1) is 19.8 Å². The average molecular weight is 379 g/mol. The summed E-state index contributed by atoms with van der Waals surface area (Å²) in [5.74, 6) is 0.0543. The van der Waals surface area contributed by atoms with Gasteiger partial charge in [-0.05, 0) is 29.7 Å². The quantitative estimate of drug-likeness (QED) is 0.637. The van der Waals surface area contributed by atoms with Crippen LogP contribution in [0.25, 0.3) is 11.0 Å². The molecule has 6 heteroatoms. The van der Waals surface area contributed by atoms with Crippen LogP contribution >= 0.6 is 0 Å². The van der Waals surface area contributed by atoms with Gasteiger partial charge in [0.1, 0.15) is 11.3 Å². The van der Waals surface area contributed by atoms with Crippen LogP contribution in [0.5, 0.6) is 5.75 Å². The van der Waals surface area contributed by atoms with Crippen LogP contribution in [0.15, 0.2) is 53.1 Å². The molecular weight excluding hydrogens is 358 g/mol. The summed E-state index contributed by atoms with van der Waals surface area (Å²) in [4.78, 5) is 26.3. The zero-order chi connectivity index (χ0) is 19.5. The Labute approximate surface area is 162 Å². The Morgan fingerprint density at radius 3 is 2.79 bits per heavy atom. The third-order valence-corrected chi connectivity index (χ3v) is 5.04. The minimum atomic E-state index is -0.454. The van der Waals surface area contributed by atoms with Crippen molar-refractivity contribution in [2.45, 2.75) is 19.4 Å². The normalized spacial score (nSPS) is 13.2. The zero-order valence-electron chi connectivity index (χ0n) is 15.6. The Morgan fingerprint density at radius 1 is 1.14 bits per heavy atom. The molecule has 28 heavy (non-hydrogen) atoms. The van der Waals surface area contributed by atoms with Gasteiger partial charge in [-0.15, -0.1) is 0 Å². The second-order valence-electron chi connectivity index (χ2n) is 6.79. The van der Waals surface area contributed by atoms with E-state index in [9.17, 15) is 9.59 Å². The van der Waals surface area contributed by atoms with Crippen LogP contribution in [-0.2, 0) is 33.7 Å². The third kappa shape index (κ3) is 3.71. The lowest BCUT2D eigenvalue weighted by Crippen LogP contribution is -2.38. The van der Waals surface area contributed by atoms with Crippen molar-refractivity contribution in [3.8, 4) is 5.75 Å². The molecule has 0 saturated carbocycles. The van der Waals surface area contributed by atoms with Crippen molar-refractivity contribution in [2.24, 2.45) is 0 Å². The van der Waals surface area contributed by atoms with Crippen LogP contribution in [0.2, 0.25) is 0 Å². The molecule has 1 aliphatic heterocycles. The summed E-state index contributed by atoms with van der Waals surface area (Å²) in [6.45, 7) is 0.951. The lowest BCUT2D eigenvalue weighted by Gasteiger charge is -2.28. The number of benzene rings is 2. The molecule has 0 fully saturated rings. The van der Waals surface area contributed by atoms with Gasteiger partial charge >= 0.3 is 5.97 Å². The monoisotopic (exact) mass is 379 g/mol. The molecule has 0 spiro atoms. The van der Waals surface area contributed by atoms with Crippen molar-refractivity contribution in [3.63, 3.8) is 0 Å². The van der Waals surface area contributed by atoms with Crippen LogP contribution in [0.3, 0.4) is 0 Å². The SMILES string of the molecule is COc1ccc2c(CC(=O)OCC(=O)N3CCc4ccccc4C3)coc2c1. The number of esters is 1. The van der Waals surface area contributed by atoms with Crippen molar-refractivity contribution in [1.29, 1.82) is 0 Å². The number of hydrogen-bond acceptors (Lipinski definition) is 5. The Morgan fingerprint density at radius 2 is 1.96 bits per heavy atom. The summed E-state index contributed by atoms with van der Waals surface area (Å²) in [6.07, 6.45) is 2.41. The number of carbonyl (C=O) groups excluding carboxylic acids is 2. The second kappa shape index (κ2) is 7.76. The van der Waals surface area contributed by atoms with E-state index in [1.807, 2.05) is 30.3 Å². The molecule has 0 aliphatic carbocycles. The number of hydrogen-bond donors (Lipinski definition) is 0. The smallest absolute Gasteiger partial charge is 0.310 e. The van der Waals surface area contributed by atoms with Crippen LogP contribution in [0, 0.1) is 0 Å². The molecule has 144 valence electrons. The molecule has 0 saturated heterocycles. The van der Waals surface area contributed by atoms with E-state index in [0.29, 0.717) is 24.4 Å². The number of amides is 1. The summed E-state index contributed by atoms with van der Waals surface area (Å²) in [5, 5.41) is 0.830. The van der Waals surface area contributed by atoms with Crippen LogP contribution in [-0.4, -0.2) is 37.0 Å². The summed E-state index contributed by atoms with van der Waals surface area (Å²) in [5.41, 5.74) is 3.79. The molecule has 4 rings (SSSR count). The summed E-state index contributed by atoms with van der Waals surface area (Å²) < 4.78 is 15.9. The van der Waals surface area contributed by atoms with E-state index in [-0.39, 0.29) is 18.9 Å². The van der Waals surface area contributed by atoms with E-state index in [1.54, 1.807) is 18.1 Å². The van der Waals surface area contributed by atoms with Crippen molar-refractivity contribution in [1.82, 2.24) is 4.90 Å². The van der Waals surface area contributed by atoms with Gasteiger partial charge in [0.25, 0.3) is 5.91 Å². The molecule has 1 aliphatic rings. The second-order valence-corrected chi connectivity index (χ2v) is 6.79. The number of methoxy groups -OCH3 is 1. The molecule has 0 N–H and O–H groups in total. The van der Waals surface area contributed by atoms with E-state index in [1.165, 1.54) is 11.8 Å². The zero-order valence-corrected chi connectivity index (χ0v) is 15.6. The van der Waals surface area contributed by atoms with Crippen molar-refractivity contribution < 1.29 is 23.5 Å². The molecule has 2 heterocycles. The first-order valence-corrected chi connectivity index (χ1v) is 9.18. The largest absolute Gasteiger partial charge is 0.497 e. The average Bonchev–Trinajstić information content (AvgIpc) is 3.13. The standard InChI is InChI=1S/C22H21NO5/c1-26-18-6-7-19-17(13-27-20(19)11-18)10-22(25)28-14-21(24)23-9-8-15-4-2-3-5-16(15)12-23/h2-7,11,13H,8-10,12,14H2,1H3. The Kier molecular flexibility index (Phi) is 5.02. The number of ether oxygens (including phenoxy) is 2. The fraction of sp³-hybridized carbons (Fsp3) is 0.273. The van der Waals surface area contributed by atoms with E-state index in [0.717, 1.165) is 22.9 Å². The molecule has 0 atom stereocenters. The van der Waals surface area contributed by atoms with Crippen molar-refractivity contribution in [2.75, 3.05) is 20.3 Å². The fourth-order valence-corrected chi connectivity index (χ4v) is 3.48. The Hall–Kier alpha value is -3.28. The van der Waals surface area contributed by atoms with Gasteiger partial charge in [-0.1, -0.05) is 24.3 Å². The van der Waals surface area contributed by atoms with Gasteiger partial charge in [0.2, 0.25) is 0 Å². The van der Waals surface area contributed by atoms with Crippen LogP contribution in [0.4, 0.5) is 0 Å². The number of carbonyl (C=O) groups is 2. The van der Waals surface area contributed by atoms with E-state index >= 15 is 0 Å². The van der Waals surface area contributed by atoms with Gasteiger partial charge in [-0.2, -0.15) is 0 Å². The highest BCUT2D eigenvalue weighted by atomic mass is 16.5. The van der Waals surface area contributed by atoms with Gasteiger partial charge in [-0.3, -0.25) is 9.59 Å². The summed E-state index contributed by atoms with van der Waals surface area (Å²) in [6, 6.07) is 13.5. The summed E-state index contributed by atoms with van der Waals surface area (Å²) >= 11 is 0. The Balaban J connectivity index is 1.33. The first kappa shape index (κ1) is 18.1. The minimum absolute atomic E-state index is 0.0510. The molecule has 2 aromatic carbocycles. The predicted molar refractivity (Wildman–Crippen MR) is 103 cm³/mol. The van der Waals surface area contributed by atoms with E-state index in [4.69, 9.17) is 13.9 Å². The molecular formula is C22H21NO5. The number of furan rings is 1. The van der Waals surface area contributed by atoms with Gasteiger partial charge in [0, 0.05) is 30.1 Å². The molecule has 6 nitrogen and oxygen atoms in total. The maximum absolute atomic E-state index is 12.4. The molecule has 3 aromatic rings. The first-order chi connectivity index (χ1) is 13.6. The maximum atomic E-state index is 12.4. The number of rotatable bonds is 5. The molecule has 1 amide bonds. The Bertz CT molecular complexity index is 1020. The molecule has 1 aromatic heterocycles. The van der Waals surface area contributed by atoms with E-state index in [2.05, 4.69) is 6.07 Å². The van der Waals surface area contributed by atoms with Crippen molar-refractivity contribution in [3.05, 3.63) is 65.4 Å². The van der Waals surface area contributed by atoms with Gasteiger partial charge in [0.15, 0.2) is 6.61 Å². The summed E-state index contributed by atoms with van der Waals surface area (Å²) in [7, 11) is 1.58. The molecule has 0 radical (unpaired) electrons. The predicted octanol–water partition coefficient (Wildman–Crippen LogP) is 3.11. The minimum Gasteiger partial charge on any atom is -0.497 e. The van der Waals surface area contributed by atoms with Gasteiger partial charge in [-0.25, -0.2) is 0 Å². The first-order valence-electron chi connectivity index (χ1n) is 9.18. The number of nitrogens with zero attached hydrogens (tertiary/aromatic N) is 1. The highest BCUT2D eigenvalue weighted by Gasteiger charge is 2.21. The highest BCUT2D eigenvalue weighted by Crippen LogP contribution is 2.26. The highest BCUT2D eigenvalue weighted by molar-refractivity contribution is 5.87. The molecule has 0 bridgehead atoms. The van der Waals surface area contributed by atoms with E-state index < -0.39 is 5.97 Å². The lowest BCUT2D eigenvalue weighted by atomic mass is 10.00. The molecule has 0 unspecified atom stereocenters. The number of fused-ring (bicyclic) bond motifs is 2. The third-order valence-electron chi connectivity index (χ3n) is 5.04. The topological polar surface area (TPSA) is 69.0 Å². The van der Waals surface area contributed by atoms with Crippen LogP contribution < -0.4 is 4.74 Å². The van der Waals surface area contributed by atoms with Crippen LogP contribution in [0.1, 0.15) is 16.7 Å². The van der Waals surface area contributed by atoms with Gasteiger partial charge < -0.3 is 18.8 Å². The fourth-order valence-electron chi connectivity index (χ4n) is 3.48. The van der Waals surface area contributed by atoms with Crippen molar-refractivity contribution >= 4 is 22.8 Å². The maximum Gasteiger partial charge on any atom is 0.310 e.